The van der Waals surface area contributed by atoms with E-state index in [1.54, 1.807) is 10.6 Å². The Labute approximate surface area is 160 Å². The van der Waals surface area contributed by atoms with E-state index in [9.17, 15) is 19.2 Å². The molecule has 0 spiro atoms. The van der Waals surface area contributed by atoms with Gasteiger partial charge in [0.15, 0.2) is 0 Å². The second kappa shape index (κ2) is 7.41. The number of carbonyl (C=O) groups excluding carboxylic acids is 3. The normalized spacial score (nSPS) is 16.0. The van der Waals surface area contributed by atoms with Gasteiger partial charge in [0, 0.05) is 24.6 Å². The summed E-state index contributed by atoms with van der Waals surface area (Å²) >= 11 is 0. The molecule has 2 aliphatic rings. The van der Waals surface area contributed by atoms with Crippen molar-refractivity contribution >= 4 is 28.6 Å². The van der Waals surface area contributed by atoms with Gasteiger partial charge >= 0.3 is 11.8 Å². The van der Waals surface area contributed by atoms with Crippen molar-refractivity contribution in [3.05, 3.63) is 39.9 Å². The number of nitrogens with one attached hydrogen (secondary N) is 3. The maximum Gasteiger partial charge on any atom is 0.327 e. The maximum absolute atomic E-state index is 12.7. The third-order valence-corrected chi connectivity index (χ3v) is 4.99. The lowest BCUT2D eigenvalue weighted by Gasteiger charge is -2.11. The van der Waals surface area contributed by atoms with E-state index in [-0.39, 0.29) is 17.2 Å². The summed E-state index contributed by atoms with van der Waals surface area (Å²) in [7, 11) is 0. The summed E-state index contributed by atoms with van der Waals surface area (Å²) in [6.07, 6.45) is 5.44. The van der Waals surface area contributed by atoms with Crippen molar-refractivity contribution in [3.63, 3.8) is 0 Å². The molecule has 146 valence electrons. The predicted molar refractivity (Wildman–Crippen MR) is 100 cm³/mol. The van der Waals surface area contributed by atoms with Crippen molar-refractivity contribution in [3.8, 4) is 0 Å². The zero-order valence-corrected chi connectivity index (χ0v) is 15.3. The van der Waals surface area contributed by atoms with Crippen molar-refractivity contribution in [1.29, 1.82) is 0 Å². The van der Waals surface area contributed by atoms with Crippen LogP contribution in [-0.4, -0.2) is 33.3 Å². The second-order valence-electron chi connectivity index (χ2n) is 7.18. The molecule has 0 radical (unpaired) electrons. The number of carbonyl (C=O) groups is 3. The summed E-state index contributed by atoms with van der Waals surface area (Å²) in [4.78, 5) is 52.9. The number of nitrogens with zero attached hydrogens (tertiary/aromatic N) is 2. The molecule has 3 N–H and O–H groups in total. The summed E-state index contributed by atoms with van der Waals surface area (Å²) < 4.78 is 1.72. The van der Waals surface area contributed by atoms with Crippen LogP contribution in [0.1, 0.15) is 48.3 Å². The quantitative estimate of drug-likeness (QED) is 0.504. The number of aromatic nitrogens is 2. The average molecular weight is 383 g/mol. The molecule has 2 aromatic rings. The van der Waals surface area contributed by atoms with Crippen LogP contribution in [0.2, 0.25) is 0 Å². The van der Waals surface area contributed by atoms with E-state index in [1.807, 2.05) is 0 Å². The highest BCUT2D eigenvalue weighted by molar-refractivity contribution is 6.35. The van der Waals surface area contributed by atoms with E-state index in [4.69, 9.17) is 0 Å². The number of hydrogen-bond acceptors (Lipinski definition) is 5. The zero-order chi connectivity index (χ0) is 19.7. The number of rotatable bonds is 2. The Morgan fingerprint density at radius 2 is 1.86 bits per heavy atom. The monoisotopic (exact) mass is 383 g/mol. The first-order chi connectivity index (χ1) is 13.5. The van der Waals surface area contributed by atoms with Gasteiger partial charge < -0.3 is 5.32 Å². The van der Waals surface area contributed by atoms with Crippen LogP contribution in [0.15, 0.2) is 23.0 Å². The second-order valence-corrected chi connectivity index (χ2v) is 7.18. The molecule has 0 unspecified atom stereocenters. The van der Waals surface area contributed by atoms with Gasteiger partial charge in [0.25, 0.3) is 11.5 Å². The van der Waals surface area contributed by atoms with Gasteiger partial charge in [-0.1, -0.05) is 6.42 Å². The number of fused-ring (bicyclic) bond motifs is 2. The molecule has 1 saturated carbocycles. The molecule has 0 saturated heterocycles. The molecule has 4 rings (SSSR count). The third kappa shape index (κ3) is 3.73. The van der Waals surface area contributed by atoms with E-state index < -0.39 is 17.7 Å². The molecule has 1 aromatic carbocycles. The Balaban J connectivity index is 1.50. The van der Waals surface area contributed by atoms with Crippen molar-refractivity contribution < 1.29 is 14.4 Å². The van der Waals surface area contributed by atoms with Crippen LogP contribution in [0.3, 0.4) is 0 Å². The van der Waals surface area contributed by atoms with Crippen LogP contribution in [0.25, 0.3) is 10.9 Å². The van der Waals surface area contributed by atoms with E-state index in [0.29, 0.717) is 17.4 Å². The molecule has 9 heteroatoms. The molecule has 0 bridgehead atoms. The smallest absolute Gasteiger partial charge is 0.327 e. The maximum atomic E-state index is 12.7. The molecule has 1 aliphatic heterocycles. The van der Waals surface area contributed by atoms with Gasteiger partial charge in [0.05, 0.1) is 10.9 Å². The van der Waals surface area contributed by atoms with E-state index >= 15 is 0 Å². The molecule has 1 fully saturated rings. The Morgan fingerprint density at radius 1 is 1.04 bits per heavy atom. The molecule has 9 nitrogen and oxygen atoms in total. The summed E-state index contributed by atoms with van der Waals surface area (Å²) in [6.45, 7) is 0.661. The molecular formula is C19H21N5O4. The van der Waals surface area contributed by atoms with Gasteiger partial charge in [-0.05, 0) is 43.9 Å². The lowest BCUT2D eigenvalue weighted by Crippen LogP contribution is -2.49. The Kier molecular flexibility index (Phi) is 4.81. The van der Waals surface area contributed by atoms with Gasteiger partial charge in [-0.15, -0.1) is 0 Å². The lowest BCUT2D eigenvalue weighted by molar-refractivity contribution is -0.139. The molecule has 1 aliphatic carbocycles. The fourth-order valence-electron chi connectivity index (χ4n) is 3.28. The van der Waals surface area contributed by atoms with Crippen LogP contribution in [0.5, 0.6) is 0 Å². The van der Waals surface area contributed by atoms with Crippen molar-refractivity contribution in [2.75, 3.05) is 0 Å². The molecular weight excluding hydrogens is 362 g/mol. The first-order valence-electron chi connectivity index (χ1n) is 9.47. The fourth-order valence-corrected chi connectivity index (χ4v) is 3.28. The minimum atomic E-state index is -0.928. The fraction of sp³-hybridized carbons (Fsp3) is 0.421. The van der Waals surface area contributed by atoms with Crippen molar-refractivity contribution in [2.45, 2.75) is 51.1 Å². The number of amides is 3. The topological polar surface area (TPSA) is 122 Å². The summed E-state index contributed by atoms with van der Waals surface area (Å²) in [5.41, 5.74) is 4.90. The van der Waals surface area contributed by atoms with Crippen LogP contribution in [0.4, 0.5) is 0 Å². The van der Waals surface area contributed by atoms with Gasteiger partial charge in [-0.25, -0.2) is 4.98 Å². The molecule has 1 aromatic heterocycles. The minimum Gasteiger partial charge on any atom is -0.345 e. The molecule has 3 amide bonds. The van der Waals surface area contributed by atoms with E-state index in [2.05, 4.69) is 21.2 Å². The highest BCUT2D eigenvalue weighted by atomic mass is 16.2. The number of benzene rings is 1. The summed E-state index contributed by atoms with van der Waals surface area (Å²) in [5.74, 6) is -1.56. The lowest BCUT2D eigenvalue weighted by atomic mass is 10.1. The molecule has 28 heavy (non-hydrogen) atoms. The largest absolute Gasteiger partial charge is 0.345 e. The summed E-state index contributed by atoms with van der Waals surface area (Å²) in [5, 5.41) is 2.99. The Hall–Kier alpha value is -3.23. The van der Waals surface area contributed by atoms with Crippen LogP contribution in [-0.2, 0) is 22.6 Å². The van der Waals surface area contributed by atoms with Crippen LogP contribution < -0.4 is 21.7 Å². The SMILES string of the molecule is O=C(NNC(=O)c1ccc2c(=O)n3c(nc2c1)CCCCC3)C(=O)NC1CC1. The average Bonchev–Trinajstić information content (AvgIpc) is 3.52. The van der Waals surface area contributed by atoms with Crippen LogP contribution in [0, 0.1) is 0 Å². The van der Waals surface area contributed by atoms with Gasteiger partial charge in [-0.2, -0.15) is 0 Å². The number of hydrogen-bond donors (Lipinski definition) is 3. The van der Waals surface area contributed by atoms with E-state index in [0.717, 1.165) is 44.3 Å². The van der Waals surface area contributed by atoms with Crippen LogP contribution >= 0.6 is 0 Å². The summed E-state index contributed by atoms with van der Waals surface area (Å²) in [6, 6.07) is 4.64. The van der Waals surface area contributed by atoms with Crippen molar-refractivity contribution in [2.24, 2.45) is 0 Å². The Morgan fingerprint density at radius 3 is 2.64 bits per heavy atom. The molecule has 2 heterocycles. The molecule has 0 atom stereocenters. The first-order valence-corrected chi connectivity index (χ1v) is 9.47. The predicted octanol–water partition coefficient (Wildman–Crippen LogP) is 0.162. The minimum absolute atomic E-state index is 0.0507. The van der Waals surface area contributed by atoms with Gasteiger partial charge in [-0.3, -0.25) is 34.6 Å². The first kappa shape index (κ1) is 18.1. The standard InChI is InChI=1S/C19H21N5O4/c25-16(22-23-18(27)17(26)20-12-6-7-12)11-5-8-13-14(10-11)21-15-4-2-1-3-9-24(15)19(13)28/h5,8,10,12H,1-4,6-7,9H2,(H,20,26)(H,22,25)(H,23,27). The Bertz CT molecular complexity index is 1020. The number of hydrazine groups is 1. The highest BCUT2D eigenvalue weighted by Gasteiger charge is 2.26. The number of aryl methyl sites for hydroxylation is 1. The third-order valence-electron chi connectivity index (χ3n) is 4.99. The van der Waals surface area contributed by atoms with E-state index in [1.165, 1.54) is 12.1 Å². The van der Waals surface area contributed by atoms with Gasteiger partial charge in [0.2, 0.25) is 0 Å². The highest BCUT2D eigenvalue weighted by Crippen LogP contribution is 2.18. The van der Waals surface area contributed by atoms with Crippen molar-refractivity contribution in [1.82, 2.24) is 25.7 Å². The zero-order valence-electron chi connectivity index (χ0n) is 15.3. The van der Waals surface area contributed by atoms with Gasteiger partial charge in [0.1, 0.15) is 5.82 Å².